The number of allylic oxidation sites excluding steroid dienone is 3. The number of benzene rings is 6. The molecule has 52 heavy (non-hydrogen) atoms. The summed E-state index contributed by atoms with van der Waals surface area (Å²) in [7, 11) is 1.65. The van der Waals surface area contributed by atoms with Crippen LogP contribution in [-0.4, -0.2) is 7.05 Å². The number of aryl methyl sites for hydroxylation is 1. The van der Waals surface area contributed by atoms with Crippen LogP contribution in [0, 0.1) is 6.92 Å². The number of rotatable bonds is 5. The van der Waals surface area contributed by atoms with Crippen molar-refractivity contribution in [3.63, 3.8) is 0 Å². The van der Waals surface area contributed by atoms with Crippen molar-refractivity contribution in [3.05, 3.63) is 178 Å². The predicted molar refractivity (Wildman–Crippen MR) is 226 cm³/mol. The smallest absolute Gasteiger partial charge is 0.0551 e. The Bertz CT molecular complexity index is 2210. The maximum absolute atomic E-state index is 6.80. The van der Waals surface area contributed by atoms with E-state index in [-0.39, 0.29) is 6.04 Å². The monoisotopic (exact) mass is 682 g/mol. The molecular weight excluding hydrogens is 633 g/mol. The first-order valence-electron chi connectivity index (χ1n) is 18.2. The Labute approximate surface area is 309 Å². The van der Waals surface area contributed by atoms with Gasteiger partial charge in [0.1, 0.15) is 0 Å². The van der Waals surface area contributed by atoms with E-state index in [1.165, 1.54) is 38.6 Å². The second-order valence-corrected chi connectivity index (χ2v) is 13.4. The number of nitrogen functional groups attached to an aromatic ring is 1. The summed E-state index contributed by atoms with van der Waals surface area (Å²) >= 11 is 0. The quantitative estimate of drug-likeness (QED) is 0.0828. The molecule has 0 amide bonds. The van der Waals surface area contributed by atoms with Crippen molar-refractivity contribution < 1.29 is 0 Å². The number of fused-ring (bicyclic) bond motifs is 6. The lowest BCUT2D eigenvalue weighted by Gasteiger charge is -2.24. The molecule has 4 heteroatoms. The first-order chi connectivity index (χ1) is 25.4. The van der Waals surface area contributed by atoms with E-state index >= 15 is 0 Å². The fourth-order valence-electron chi connectivity index (χ4n) is 7.30. The molecule has 0 radical (unpaired) electrons. The van der Waals surface area contributed by atoms with Crippen LogP contribution in [0.15, 0.2) is 133 Å². The van der Waals surface area contributed by atoms with Gasteiger partial charge in [0.05, 0.1) is 6.04 Å². The van der Waals surface area contributed by atoms with Crippen molar-refractivity contribution in [2.75, 3.05) is 12.8 Å². The van der Waals surface area contributed by atoms with Gasteiger partial charge in [-0.2, -0.15) is 0 Å². The third-order valence-electron chi connectivity index (χ3n) is 9.88. The van der Waals surface area contributed by atoms with E-state index in [0.29, 0.717) is 0 Å². The van der Waals surface area contributed by atoms with Crippen LogP contribution in [0.5, 0.6) is 0 Å². The highest BCUT2D eigenvalue weighted by molar-refractivity contribution is 6.02. The first-order valence-corrected chi connectivity index (χ1v) is 18.2. The van der Waals surface area contributed by atoms with Gasteiger partial charge in [0.15, 0.2) is 0 Å². The third kappa shape index (κ3) is 8.01. The zero-order valence-electron chi connectivity index (χ0n) is 30.6. The minimum atomic E-state index is -0.166. The third-order valence-corrected chi connectivity index (χ3v) is 9.88. The molecule has 1 atom stereocenters. The van der Waals surface area contributed by atoms with Crippen LogP contribution in [0.4, 0.5) is 5.69 Å². The molecule has 6 aromatic rings. The van der Waals surface area contributed by atoms with Gasteiger partial charge in [-0.1, -0.05) is 139 Å². The lowest BCUT2D eigenvalue weighted by atomic mass is 9.80. The zero-order valence-corrected chi connectivity index (χ0v) is 30.6. The molecule has 2 aliphatic carbocycles. The standard InChI is InChI=1S/C40H36N2.C7H8.CH6N2/c1-2-10-30-23-31(25-37(40(30)42)26-17-19-28(20-18-26)39(41)27-11-4-3-5-12-27)29-21-22-36-34-15-7-6-13-32(34)33-14-8-9-16-35(33)38(36)24-29;1-7-5-3-2-4-6-7;1-3-2/h2-5,7,9-12,15-25,39H,6,8,13-14,41-42H2,1H3;2-6H,1H3;3H,2H2,1H3/b10-2-;;. The summed E-state index contributed by atoms with van der Waals surface area (Å²) < 4.78 is 0. The number of anilines is 1. The van der Waals surface area contributed by atoms with Gasteiger partial charge in [0.25, 0.3) is 0 Å². The van der Waals surface area contributed by atoms with Gasteiger partial charge in [0.2, 0.25) is 0 Å². The van der Waals surface area contributed by atoms with Gasteiger partial charge in [-0.05, 0) is 131 Å². The lowest BCUT2D eigenvalue weighted by molar-refractivity contribution is 0.872. The average molecular weight is 683 g/mol. The van der Waals surface area contributed by atoms with Crippen LogP contribution in [0.2, 0.25) is 0 Å². The molecule has 0 aromatic heterocycles. The molecule has 7 N–H and O–H groups in total. The molecular formula is C48H50N4. The van der Waals surface area contributed by atoms with E-state index in [9.17, 15) is 0 Å². The molecule has 6 aromatic carbocycles. The summed E-state index contributed by atoms with van der Waals surface area (Å²) in [6.45, 7) is 4.12. The molecule has 8 rings (SSSR count). The molecule has 2 aliphatic rings. The van der Waals surface area contributed by atoms with Crippen LogP contribution in [0.25, 0.3) is 51.3 Å². The topological polar surface area (TPSA) is 90.1 Å². The minimum Gasteiger partial charge on any atom is -0.398 e. The van der Waals surface area contributed by atoms with Gasteiger partial charge in [-0.15, -0.1) is 0 Å². The summed E-state index contributed by atoms with van der Waals surface area (Å²) in [6, 6.07) is 40.3. The summed E-state index contributed by atoms with van der Waals surface area (Å²) in [5, 5.41) is 2.69. The predicted octanol–water partition coefficient (Wildman–Crippen LogP) is 10.8. The van der Waals surface area contributed by atoms with Crippen LogP contribution < -0.4 is 22.7 Å². The maximum atomic E-state index is 6.80. The molecule has 4 nitrogen and oxygen atoms in total. The minimum absolute atomic E-state index is 0.166. The molecule has 0 bridgehead atoms. The Hall–Kier alpha value is -5.52. The van der Waals surface area contributed by atoms with E-state index < -0.39 is 0 Å². The summed E-state index contributed by atoms with van der Waals surface area (Å²) in [6.07, 6.45) is 18.0. The van der Waals surface area contributed by atoms with Crippen LogP contribution in [0.1, 0.15) is 70.3 Å². The molecule has 0 fully saturated rings. The molecule has 1 unspecified atom stereocenters. The number of nitrogens with two attached hydrogens (primary N) is 3. The Morgan fingerprint density at radius 3 is 1.79 bits per heavy atom. The Morgan fingerprint density at radius 1 is 0.654 bits per heavy atom. The van der Waals surface area contributed by atoms with Crippen LogP contribution in [0.3, 0.4) is 0 Å². The first kappa shape index (κ1) is 36.3. The van der Waals surface area contributed by atoms with E-state index in [0.717, 1.165) is 59.2 Å². The van der Waals surface area contributed by atoms with Crippen molar-refractivity contribution >= 4 is 34.7 Å². The fourth-order valence-corrected chi connectivity index (χ4v) is 7.30. The normalized spacial score (nSPS) is 13.4. The number of hydrazine groups is 1. The molecule has 0 spiro atoms. The molecule has 0 aliphatic heterocycles. The highest BCUT2D eigenvalue weighted by Crippen LogP contribution is 2.41. The van der Waals surface area contributed by atoms with E-state index in [1.54, 1.807) is 18.2 Å². The van der Waals surface area contributed by atoms with Crippen molar-refractivity contribution in [1.29, 1.82) is 0 Å². The molecule has 262 valence electrons. The van der Waals surface area contributed by atoms with Gasteiger partial charge in [-0.25, -0.2) is 0 Å². The number of hydrogen-bond acceptors (Lipinski definition) is 4. The highest BCUT2D eigenvalue weighted by atomic mass is 15.2. The van der Waals surface area contributed by atoms with Gasteiger partial charge >= 0.3 is 0 Å². The highest BCUT2D eigenvalue weighted by Gasteiger charge is 2.20. The summed E-state index contributed by atoms with van der Waals surface area (Å²) in [5.74, 6) is 4.60. The second-order valence-electron chi connectivity index (χ2n) is 13.4. The van der Waals surface area contributed by atoms with Gasteiger partial charge in [0, 0.05) is 11.3 Å². The Morgan fingerprint density at radius 2 is 1.21 bits per heavy atom. The summed E-state index contributed by atoms with van der Waals surface area (Å²) in [5.41, 5.74) is 31.4. The SMILES string of the molecule is C/C=C\c1cc(-c2ccc3c4c(c5c(c3c2)C=CCC5)CCC=C4)cc(-c2ccc(C(N)c3ccccc3)cc2)c1N.CNN.Cc1ccccc1. The van der Waals surface area contributed by atoms with E-state index in [2.05, 4.69) is 134 Å². The number of nitrogens with one attached hydrogen (secondary N) is 1. The maximum Gasteiger partial charge on any atom is 0.0551 e. The fraction of sp³-hybridized carbons (Fsp3) is 0.167. The number of hydrogen-bond donors (Lipinski definition) is 4. The van der Waals surface area contributed by atoms with Crippen molar-refractivity contribution in [1.82, 2.24) is 5.43 Å². The lowest BCUT2D eigenvalue weighted by Crippen LogP contribution is -2.13. The van der Waals surface area contributed by atoms with Crippen molar-refractivity contribution in [2.24, 2.45) is 11.6 Å². The molecule has 0 heterocycles. The largest absolute Gasteiger partial charge is 0.398 e. The summed E-state index contributed by atoms with van der Waals surface area (Å²) in [4.78, 5) is 0. The van der Waals surface area contributed by atoms with Crippen molar-refractivity contribution in [3.8, 4) is 22.3 Å². The van der Waals surface area contributed by atoms with Crippen LogP contribution >= 0.6 is 0 Å². The van der Waals surface area contributed by atoms with Gasteiger partial charge in [-0.3, -0.25) is 11.3 Å². The van der Waals surface area contributed by atoms with E-state index in [1.807, 2.05) is 43.3 Å². The molecule has 0 saturated carbocycles. The Balaban J connectivity index is 0.000000407. The van der Waals surface area contributed by atoms with Crippen molar-refractivity contribution in [2.45, 2.75) is 45.6 Å². The van der Waals surface area contributed by atoms with Gasteiger partial charge < -0.3 is 11.5 Å². The Kier molecular flexibility index (Phi) is 11.9. The zero-order chi connectivity index (χ0) is 36.5. The van der Waals surface area contributed by atoms with E-state index in [4.69, 9.17) is 11.5 Å². The second kappa shape index (κ2) is 17.1. The van der Waals surface area contributed by atoms with Crippen LogP contribution in [-0.2, 0) is 12.8 Å². The molecule has 0 saturated heterocycles. The average Bonchev–Trinajstić information content (AvgIpc) is 3.20.